The van der Waals surface area contributed by atoms with Gasteiger partial charge in [0.15, 0.2) is 10.9 Å². The summed E-state index contributed by atoms with van der Waals surface area (Å²) < 4.78 is 6.63. The number of hydrogen-bond donors (Lipinski definition) is 1. The van der Waals surface area contributed by atoms with Gasteiger partial charge in [-0.3, -0.25) is 14.5 Å². The smallest absolute Gasteiger partial charge is 0.350 e. The third-order valence-electron chi connectivity index (χ3n) is 6.28. The molecule has 0 saturated carbocycles. The zero-order valence-electron chi connectivity index (χ0n) is 20.3. The van der Waals surface area contributed by atoms with E-state index in [4.69, 9.17) is 16.3 Å². The number of hydrogen-bond acceptors (Lipinski definition) is 8. The standard InChI is InChI=1S/C26H21ClN4O5S/c1-12-7-6-10-30-14(3)18(29-23(12)30)20(32)17-19(15-8-5-9-16(27)11-15)31(24(34)21(17)33)26-28-13(2)22(37-26)25(35)36-4/h5-11,19,32H,1-4H3. The van der Waals surface area contributed by atoms with Crippen LogP contribution in [0.2, 0.25) is 5.02 Å². The topological polar surface area (TPSA) is 114 Å². The van der Waals surface area contributed by atoms with E-state index >= 15 is 0 Å². The van der Waals surface area contributed by atoms with Crippen LogP contribution in [0.15, 0.2) is 48.2 Å². The minimum atomic E-state index is -1.06. The van der Waals surface area contributed by atoms with Gasteiger partial charge in [0.1, 0.15) is 16.2 Å². The summed E-state index contributed by atoms with van der Waals surface area (Å²) in [4.78, 5) is 49.4. The molecule has 1 atom stereocenters. The number of aliphatic hydroxyl groups is 1. The Morgan fingerprint density at radius 3 is 2.57 bits per heavy atom. The van der Waals surface area contributed by atoms with Gasteiger partial charge in [0.05, 0.1) is 30.1 Å². The molecule has 1 fully saturated rings. The van der Waals surface area contributed by atoms with Crippen molar-refractivity contribution in [3.05, 3.63) is 86.3 Å². The predicted octanol–water partition coefficient (Wildman–Crippen LogP) is 4.78. The van der Waals surface area contributed by atoms with E-state index in [0.29, 0.717) is 27.6 Å². The van der Waals surface area contributed by atoms with Gasteiger partial charge >= 0.3 is 11.9 Å². The quantitative estimate of drug-likeness (QED) is 0.173. The highest BCUT2D eigenvalue weighted by Gasteiger charge is 2.49. The summed E-state index contributed by atoms with van der Waals surface area (Å²) in [6.45, 7) is 5.27. The van der Waals surface area contributed by atoms with Crippen LogP contribution in [0.3, 0.4) is 0 Å². The molecule has 5 rings (SSSR count). The van der Waals surface area contributed by atoms with Crippen molar-refractivity contribution < 1.29 is 24.2 Å². The lowest BCUT2D eigenvalue weighted by atomic mass is 9.96. The average molecular weight is 537 g/mol. The first kappa shape index (κ1) is 24.7. The number of nitrogens with zero attached hydrogens (tertiary/aromatic N) is 4. The largest absolute Gasteiger partial charge is 0.505 e. The molecule has 188 valence electrons. The minimum Gasteiger partial charge on any atom is -0.505 e. The van der Waals surface area contributed by atoms with Gasteiger partial charge in [0.25, 0.3) is 5.78 Å². The number of ketones is 1. The Morgan fingerprint density at radius 2 is 1.89 bits per heavy atom. The lowest BCUT2D eigenvalue weighted by Gasteiger charge is -2.23. The van der Waals surface area contributed by atoms with E-state index in [9.17, 15) is 19.5 Å². The zero-order chi connectivity index (χ0) is 26.6. The summed E-state index contributed by atoms with van der Waals surface area (Å²) >= 11 is 7.19. The molecule has 3 aromatic heterocycles. The number of anilines is 1. The summed E-state index contributed by atoms with van der Waals surface area (Å²) in [5, 5.41) is 12.0. The number of Topliss-reactive ketones (excluding diaryl/α,β-unsaturated/α-hetero) is 1. The third-order valence-corrected chi connectivity index (χ3v) is 7.65. The van der Waals surface area contributed by atoms with Crippen molar-refractivity contribution in [1.82, 2.24) is 14.4 Å². The number of halogens is 1. The Morgan fingerprint density at radius 1 is 1.14 bits per heavy atom. The SMILES string of the molecule is COC(=O)c1sc(N2C(=O)C(=O)C(=C(O)c3nc4c(C)cccn4c3C)C2c2cccc(Cl)c2)nc1C. The number of fused-ring (bicyclic) bond motifs is 1. The first-order valence-corrected chi connectivity index (χ1v) is 12.4. The molecule has 11 heteroatoms. The molecule has 0 bridgehead atoms. The molecule has 1 unspecified atom stereocenters. The highest BCUT2D eigenvalue weighted by Crippen LogP contribution is 2.44. The van der Waals surface area contributed by atoms with E-state index in [1.165, 1.54) is 12.0 Å². The third kappa shape index (κ3) is 3.89. The van der Waals surface area contributed by atoms with Gasteiger partial charge in [0, 0.05) is 11.2 Å². The molecule has 9 nitrogen and oxygen atoms in total. The second-order valence-electron chi connectivity index (χ2n) is 8.56. The highest BCUT2D eigenvalue weighted by atomic mass is 35.5. The van der Waals surface area contributed by atoms with Crippen molar-refractivity contribution >= 4 is 57.1 Å². The van der Waals surface area contributed by atoms with Crippen LogP contribution in [-0.4, -0.2) is 44.2 Å². The van der Waals surface area contributed by atoms with Gasteiger partial charge in [-0.05, 0) is 50.1 Å². The fourth-order valence-corrected chi connectivity index (χ4v) is 5.67. The Hall–Kier alpha value is -4.02. The second kappa shape index (κ2) is 9.13. The van der Waals surface area contributed by atoms with Crippen LogP contribution < -0.4 is 4.90 Å². The Labute approximate surface area is 220 Å². The maximum absolute atomic E-state index is 13.5. The number of pyridine rings is 1. The number of benzene rings is 1. The number of aliphatic hydroxyl groups excluding tert-OH is 1. The molecular formula is C26H21ClN4O5S. The molecule has 4 heterocycles. The Bertz CT molecular complexity index is 1650. The van der Waals surface area contributed by atoms with E-state index in [-0.39, 0.29) is 21.3 Å². The summed E-state index contributed by atoms with van der Waals surface area (Å²) in [5.74, 6) is -2.81. The molecule has 1 aliphatic heterocycles. The van der Waals surface area contributed by atoms with E-state index in [1.807, 2.05) is 23.5 Å². The van der Waals surface area contributed by atoms with Crippen LogP contribution >= 0.6 is 22.9 Å². The average Bonchev–Trinajstić information content (AvgIpc) is 3.51. The number of aryl methyl sites for hydroxylation is 3. The maximum atomic E-state index is 13.5. The van der Waals surface area contributed by atoms with Gasteiger partial charge in [-0.15, -0.1) is 0 Å². The zero-order valence-corrected chi connectivity index (χ0v) is 21.8. The van der Waals surface area contributed by atoms with E-state index < -0.39 is 29.5 Å². The van der Waals surface area contributed by atoms with Gasteiger partial charge in [-0.1, -0.05) is 41.1 Å². The van der Waals surface area contributed by atoms with Crippen LogP contribution in [0.5, 0.6) is 0 Å². The summed E-state index contributed by atoms with van der Waals surface area (Å²) in [6.07, 6.45) is 1.81. The van der Waals surface area contributed by atoms with E-state index in [0.717, 1.165) is 16.9 Å². The molecule has 1 amide bonds. The van der Waals surface area contributed by atoms with Gasteiger partial charge in [-0.2, -0.15) is 0 Å². The van der Waals surface area contributed by atoms with Crippen LogP contribution in [0.4, 0.5) is 5.13 Å². The van der Waals surface area contributed by atoms with E-state index in [1.54, 1.807) is 44.3 Å². The van der Waals surface area contributed by atoms with Gasteiger partial charge in [0.2, 0.25) is 0 Å². The van der Waals surface area contributed by atoms with Crippen molar-refractivity contribution in [2.75, 3.05) is 12.0 Å². The molecule has 0 spiro atoms. The fourth-order valence-electron chi connectivity index (χ4n) is 4.46. The number of thiazole rings is 1. The number of imidazole rings is 1. The molecule has 0 radical (unpaired) electrons. The van der Waals surface area contributed by atoms with Crippen LogP contribution in [0, 0.1) is 20.8 Å². The van der Waals surface area contributed by atoms with Gasteiger partial charge in [-0.25, -0.2) is 14.8 Å². The number of ether oxygens (including phenoxy) is 1. The number of amides is 1. The van der Waals surface area contributed by atoms with Crippen molar-refractivity contribution in [2.24, 2.45) is 0 Å². The lowest BCUT2D eigenvalue weighted by molar-refractivity contribution is -0.132. The highest BCUT2D eigenvalue weighted by molar-refractivity contribution is 7.17. The summed E-state index contributed by atoms with van der Waals surface area (Å²) in [6, 6.07) is 9.35. The number of aromatic nitrogens is 3. The predicted molar refractivity (Wildman–Crippen MR) is 139 cm³/mol. The lowest BCUT2D eigenvalue weighted by Crippen LogP contribution is -2.29. The Balaban J connectivity index is 1.76. The number of methoxy groups -OCH3 is 1. The number of carbonyl (C=O) groups excluding carboxylic acids is 3. The molecule has 1 aromatic carbocycles. The first-order chi connectivity index (χ1) is 17.6. The molecule has 1 saturated heterocycles. The number of esters is 1. The molecule has 37 heavy (non-hydrogen) atoms. The summed E-state index contributed by atoms with van der Waals surface area (Å²) in [5.41, 5.74) is 2.97. The molecule has 4 aromatic rings. The second-order valence-corrected chi connectivity index (χ2v) is 9.97. The van der Waals surface area contributed by atoms with Crippen molar-refractivity contribution in [3.63, 3.8) is 0 Å². The Kier molecular flexibility index (Phi) is 6.09. The molecular weight excluding hydrogens is 516 g/mol. The normalized spacial score (nSPS) is 17.1. The minimum absolute atomic E-state index is 0.117. The molecule has 1 N–H and O–H groups in total. The first-order valence-electron chi connectivity index (χ1n) is 11.2. The fraction of sp³-hybridized carbons (Fsp3) is 0.192. The van der Waals surface area contributed by atoms with Crippen LogP contribution in [0.1, 0.15) is 43.9 Å². The van der Waals surface area contributed by atoms with Crippen molar-refractivity contribution in [2.45, 2.75) is 26.8 Å². The molecule has 0 aliphatic carbocycles. The van der Waals surface area contributed by atoms with E-state index in [2.05, 4.69) is 9.97 Å². The van der Waals surface area contributed by atoms with Gasteiger partial charge < -0.3 is 14.2 Å². The molecule has 1 aliphatic rings. The van der Waals surface area contributed by atoms with Crippen molar-refractivity contribution in [3.8, 4) is 0 Å². The van der Waals surface area contributed by atoms with Crippen molar-refractivity contribution in [1.29, 1.82) is 0 Å². The number of rotatable bonds is 4. The maximum Gasteiger partial charge on any atom is 0.350 e. The number of carbonyl (C=O) groups is 3. The summed E-state index contributed by atoms with van der Waals surface area (Å²) in [7, 11) is 1.25. The van der Waals surface area contributed by atoms with Crippen LogP contribution in [-0.2, 0) is 14.3 Å². The van der Waals surface area contributed by atoms with Crippen LogP contribution in [0.25, 0.3) is 11.4 Å². The monoisotopic (exact) mass is 536 g/mol.